The average Bonchev–Trinajstić information content (AvgIpc) is 2.79. The SMILES string of the molecule is O=C(O)c1ccccc1NCc1cc[nH]c1. The molecule has 0 aliphatic carbocycles. The van der Waals surface area contributed by atoms with Crippen LogP contribution in [0.3, 0.4) is 0 Å². The molecule has 0 bridgehead atoms. The number of carboxylic acids is 1. The second-order valence-electron chi connectivity index (χ2n) is 3.42. The topological polar surface area (TPSA) is 65.1 Å². The van der Waals surface area contributed by atoms with Crippen molar-refractivity contribution in [3.05, 3.63) is 53.9 Å². The molecule has 0 spiro atoms. The van der Waals surface area contributed by atoms with Gasteiger partial charge in [0.15, 0.2) is 0 Å². The summed E-state index contributed by atoms with van der Waals surface area (Å²) in [5, 5.41) is 12.1. The van der Waals surface area contributed by atoms with Crippen LogP contribution in [0.2, 0.25) is 0 Å². The maximum Gasteiger partial charge on any atom is 0.337 e. The lowest BCUT2D eigenvalue weighted by Gasteiger charge is -2.07. The maximum absolute atomic E-state index is 10.9. The Labute approximate surface area is 92.9 Å². The molecule has 82 valence electrons. The Kier molecular flexibility index (Phi) is 2.91. The van der Waals surface area contributed by atoms with Crippen molar-refractivity contribution in [1.82, 2.24) is 4.98 Å². The standard InChI is InChI=1S/C12H12N2O2/c15-12(16)10-3-1-2-4-11(10)14-8-9-5-6-13-7-9/h1-7,13-14H,8H2,(H,15,16). The highest BCUT2D eigenvalue weighted by Crippen LogP contribution is 2.15. The molecule has 1 heterocycles. The zero-order valence-corrected chi connectivity index (χ0v) is 8.60. The molecular formula is C12H12N2O2. The van der Waals surface area contributed by atoms with E-state index in [1.807, 2.05) is 24.5 Å². The molecule has 0 aliphatic rings. The van der Waals surface area contributed by atoms with Gasteiger partial charge in [0.2, 0.25) is 0 Å². The van der Waals surface area contributed by atoms with Crippen LogP contribution >= 0.6 is 0 Å². The number of para-hydroxylation sites is 1. The highest BCUT2D eigenvalue weighted by Gasteiger charge is 2.07. The summed E-state index contributed by atoms with van der Waals surface area (Å²) in [7, 11) is 0. The summed E-state index contributed by atoms with van der Waals surface area (Å²) in [5.41, 5.74) is 2.01. The number of aromatic carboxylic acids is 1. The van der Waals surface area contributed by atoms with E-state index >= 15 is 0 Å². The van der Waals surface area contributed by atoms with Crippen LogP contribution in [0, 0.1) is 0 Å². The molecule has 0 saturated carbocycles. The summed E-state index contributed by atoms with van der Waals surface area (Å²) in [4.78, 5) is 13.9. The Morgan fingerprint density at radius 3 is 2.81 bits per heavy atom. The highest BCUT2D eigenvalue weighted by molar-refractivity contribution is 5.94. The number of aromatic nitrogens is 1. The second kappa shape index (κ2) is 4.53. The Morgan fingerprint density at radius 1 is 1.31 bits per heavy atom. The number of carbonyl (C=O) groups is 1. The van der Waals surface area contributed by atoms with Gasteiger partial charge in [0.25, 0.3) is 0 Å². The highest BCUT2D eigenvalue weighted by atomic mass is 16.4. The van der Waals surface area contributed by atoms with Gasteiger partial charge in [0, 0.05) is 24.6 Å². The first-order chi connectivity index (χ1) is 7.77. The minimum atomic E-state index is -0.919. The lowest BCUT2D eigenvalue weighted by atomic mass is 10.1. The van der Waals surface area contributed by atoms with Crippen LogP contribution in [0.5, 0.6) is 0 Å². The summed E-state index contributed by atoms with van der Waals surface area (Å²) >= 11 is 0. The first-order valence-electron chi connectivity index (χ1n) is 4.95. The number of aromatic amines is 1. The quantitative estimate of drug-likeness (QED) is 0.734. The molecule has 2 rings (SSSR count). The Balaban J connectivity index is 2.12. The van der Waals surface area contributed by atoms with Gasteiger partial charge >= 0.3 is 5.97 Å². The van der Waals surface area contributed by atoms with Crippen LogP contribution in [0.4, 0.5) is 5.69 Å². The van der Waals surface area contributed by atoms with Crippen molar-refractivity contribution in [3.8, 4) is 0 Å². The van der Waals surface area contributed by atoms with Crippen molar-refractivity contribution in [1.29, 1.82) is 0 Å². The van der Waals surface area contributed by atoms with Crippen molar-refractivity contribution < 1.29 is 9.90 Å². The molecule has 16 heavy (non-hydrogen) atoms. The number of rotatable bonds is 4. The molecule has 0 amide bonds. The molecule has 1 aromatic heterocycles. The van der Waals surface area contributed by atoms with Gasteiger partial charge in [-0.2, -0.15) is 0 Å². The van der Waals surface area contributed by atoms with Gasteiger partial charge < -0.3 is 15.4 Å². The van der Waals surface area contributed by atoms with E-state index in [0.29, 0.717) is 12.2 Å². The zero-order chi connectivity index (χ0) is 11.4. The fraction of sp³-hybridized carbons (Fsp3) is 0.0833. The van der Waals surface area contributed by atoms with Crippen molar-refractivity contribution in [2.45, 2.75) is 6.54 Å². The van der Waals surface area contributed by atoms with Crippen molar-refractivity contribution in [3.63, 3.8) is 0 Å². The lowest BCUT2D eigenvalue weighted by Crippen LogP contribution is -2.05. The summed E-state index contributed by atoms with van der Waals surface area (Å²) in [5.74, 6) is -0.919. The lowest BCUT2D eigenvalue weighted by molar-refractivity contribution is 0.0698. The number of nitrogens with one attached hydrogen (secondary N) is 2. The second-order valence-corrected chi connectivity index (χ2v) is 3.42. The molecule has 0 fully saturated rings. The Bertz CT molecular complexity index is 478. The minimum absolute atomic E-state index is 0.290. The number of benzene rings is 1. The number of hydrogen-bond acceptors (Lipinski definition) is 2. The number of hydrogen-bond donors (Lipinski definition) is 3. The van der Waals surface area contributed by atoms with Gasteiger partial charge in [-0.05, 0) is 23.8 Å². The van der Waals surface area contributed by atoms with Gasteiger partial charge in [-0.3, -0.25) is 0 Å². The predicted molar refractivity (Wildman–Crippen MR) is 61.5 cm³/mol. The van der Waals surface area contributed by atoms with E-state index < -0.39 is 5.97 Å². The van der Waals surface area contributed by atoms with Gasteiger partial charge in [0.1, 0.15) is 0 Å². The van der Waals surface area contributed by atoms with Crippen LogP contribution in [0.1, 0.15) is 15.9 Å². The number of H-pyrrole nitrogens is 1. The first-order valence-corrected chi connectivity index (χ1v) is 4.95. The Hall–Kier alpha value is -2.23. The first kappa shape index (κ1) is 10.3. The molecule has 1 aromatic carbocycles. The normalized spacial score (nSPS) is 10.0. The van der Waals surface area contributed by atoms with E-state index in [-0.39, 0.29) is 5.56 Å². The molecule has 4 heteroatoms. The van der Waals surface area contributed by atoms with Crippen LogP contribution < -0.4 is 5.32 Å². The van der Waals surface area contributed by atoms with E-state index in [1.165, 1.54) is 0 Å². The van der Waals surface area contributed by atoms with Gasteiger partial charge in [-0.1, -0.05) is 12.1 Å². The smallest absolute Gasteiger partial charge is 0.337 e. The molecular weight excluding hydrogens is 204 g/mol. The fourth-order valence-corrected chi connectivity index (χ4v) is 1.49. The number of anilines is 1. The summed E-state index contributed by atoms with van der Waals surface area (Å²) in [6.45, 7) is 0.605. The van der Waals surface area contributed by atoms with E-state index in [2.05, 4.69) is 10.3 Å². The molecule has 2 aromatic rings. The van der Waals surface area contributed by atoms with E-state index in [0.717, 1.165) is 5.56 Å². The molecule has 0 atom stereocenters. The zero-order valence-electron chi connectivity index (χ0n) is 8.60. The monoisotopic (exact) mass is 216 g/mol. The summed E-state index contributed by atoms with van der Waals surface area (Å²) in [6.07, 6.45) is 3.70. The van der Waals surface area contributed by atoms with Crippen molar-refractivity contribution >= 4 is 11.7 Å². The van der Waals surface area contributed by atoms with Gasteiger partial charge in [-0.25, -0.2) is 4.79 Å². The van der Waals surface area contributed by atoms with E-state index in [1.54, 1.807) is 18.2 Å². The summed E-state index contributed by atoms with van der Waals surface area (Å²) < 4.78 is 0. The summed E-state index contributed by atoms with van der Waals surface area (Å²) in [6, 6.07) is 8.81. The number of carboxylic acid groups (broad SMARTS) is 1. The van der Waals surface area contributed by atoms with Gasteiger partial charge in [-0.15, -0.1) is 0 Å². The fourth-order valence-electron chi connectivity index (χ4n) is 1.49. The molecule has 0 aliphatic heterocycles. The minimum Gasteiger partial charge on any atom is -0.478 e. The van der Waals surface area contributed by atoms with Crippen LogP contribution in [0.15, 0.2) is 42.7 Å². The third-order valence-electron chi connectivity index (χ3n) is 2.30. The Morgan fingerprint density at radius 2 is 2.12 bits per heavy atom. The molecule has 0 radical (unpaired) electrons. The van der Waals surface area contributed by atoms with E-state index in [4.69, 9.17) is 5.11 Å². The van der Waals surface area contributed by atoms with Crippen LogP contribution in [-0.4, -0.2) is 16.1 Å². The largest absolute Gasteiger partial charge is 0.478 e. The molecule has 4 nitrogen and oxygen atoms in total. The maximum atomic E-state index is 10.9. The van der Waals surface area contributed by atoms with Crippen molar-refractivity contribution in [2.24, 2.45) is 0 Å². The van der Waals surface area contributed by atoms with Crippen LogP contribution in [-0.2, 0) is 6.54 Å². The van der Waals surface area contributed by atoms with Crippen molar-refractivity contribution in [2.75, 3.05) is 5.32 Å². The van der Waals surface area contributed by atoms with E-state index in [9.17, 15) is 4.79 Å². The predicted octanol–water partition coefficient (Wildman–Crippen LogP) is 2.33. The molecule has 0 saturated heterocycles. The average molecular weight is 216 g/mol. The molecule has 3 N–H and O–H groups in total. The third kappa shape index (κ3) is 2.23. The van der Waals surface area contributed by atoms with Gasteiger partial charge in [0.05, 0.1) is 5.56 Å². The van der Waals surface area contributed by atoms with Crippen LogP contribution in [0.25, 0.3) is 0 Å². The third-order valence-corrected chi connectivity index (χ3v) is 2.30. The molecule has 0 unspecified atom stereocenters.